The van der Waals surface area contributed by atoms with Crippen LogP contribution in [0.2, 0.25) is 0 Å². The van der Waals surface area contributed by atoms with Crippen LogP contribution in [0.3, 0.4) is 0 Å². The van der Waals surface area contributed by atoms with E-state index >= 15 is 0 Å². The molecular formula is C12H16N2O2. The molecule has 0 saturated carbocycles. The molecule has 1 aromatic carbocycles. The van der Waals surface area contributed by atoms with Crippen molar-refractivity contribution < 1.29 is 4.42 Å². The van der Waals surface area contributed by atoms with Gasteiger partial charge in [-0.25, -0.2) is 4.79 Å². The zero-order valence-electron chi connectivity index (χ0n) is 9.54. The summed E-state index contributed by atoms with van der Waals surface area (Å²) in [5.41, 5.74) is 2.49. The first-order valence-corrected chi connectivity index (χ1v) is 5.57. The number of H-pyrrole nitrogens is 1. The fraction of sp³-hybridized carbons (Fsp3) is 0.417. The van der Waals surface area contributed by atoms with Crippen molar-refractivity contribution >= 4 is 11.1 Å². The number of hydrogen-bond donors (Lipinski definition) is 2. The first kappa shape index (κ1) is 11.0. The maximum Gasteiger partial charge on any atom is 0.417 e. The highest BCUT2D eigenvalue weighted by Gasteiger charge is 2.07. The number of aromatic nitrogens is 1. The van der Waals surface area contributed by atoms with Crippen LogP contribution in [0.4, 0.5) is 0 Å². The maximum atomic E-state index is 11.0. The van der Waals surface area contributed by atoms with E-state index in [1.807, 2.05) is 18.2 Å². The Kier molecular flexibility index (Phi) is 3.10. The van der Waals surface area contributed by atoms with E-state index in [2.05, 4.69) is 24.1 Å². The van der Waals surface area contributed by atoms with Crippen molar-refractivity contribution in [1.29, 1.82) is 0 Å². The topological polar surface area (TPSA) is 58.0 Å². The lowest BCUT2D eigenvalue weighted by atomic mass is 10.1. The number of fused-ring (bicyclic) bond motifs is 1. The van der Waals surface area contributed by atoms with Crippen LogP contribution >= 0.6 is 0 Å². The van der Waals surface area contributed by atoms with Crippen LogP contribution in [0.15, 0.2) is 27.4 Å². The van der Waals surface area contributed by atoms with Crippen LogP contribution in [-0.4, -0.2) is 11.5 Å². The van der Waals surface area contributed by atoms with Crippen molar-refractivity contribution in [1.82, 2.24) is 10.3 Å². The van der Waals surface area contributed by atoms with E-state index in [1.54, 1.807) is 0 Å². The number of aromatic amines is 1. The van der Waals surface area contributed by atoms with Gasteiger partial charge in [0.05, 0.1) is 5.52 Å². The molecule has 1 atom stereocenters. The third-order valence-electron chi connectivity index (χ3n) is 2.65. The van der Waals surface area contributed by atoms with Gasteiger partial charge in [-0.1, -0.05) is 13.0 Å². The summed E-state index contributed by atoms with van der Waals surface area (Å²) in [5, 5.41) is 3.39. The highest BCUT2D eigenvalue weighted by molar-refractivity contribution is 5.72. The molecule has 0 amide bonds. The van der Waals surface area contributed by atoms with Gasteiger partial charge < -0.3 is 9.73 Å². The molecule has 2 rings (SSSR count). The SMILES string of the molecule is CCCNC(C)c1ccc2[nH]c(=O)oc2c1. The molecule has 1 unspecified atom stereocenters. The minimum atomic E-state index is -0.402. The molecule has 0 fully saturated rings. The Hall–Kier alpha value is -1.55. The zero-order chi connectivity index (χ0) is 11.5. The van der Waals surface area contributed by atoms with Crippen LogP contribution in [0.25, 0.3) is 11.1 Å². The fourth-order valence-electron chi connectivity index (χ4n) is 1.71. The summed E-state index contributed by atoms with van der Waals surface area (Å²) in [5.74, 6) is -0.402. The summed E-state index contributed by atoms with van der Waals surface area (Å²) in [4.78, 5) is 13.6. The van der Waals surface area contributed by atoms with Gasteiger partial charge in [-0.05, 0) is 37.6 Å². The molecule has 0 aliphatic rings. The largest absolute Gasteiger partial charge is 0.417 e. The third-order valence-corrected chi connectivity index (χ3v) is 2.65. The van der Waals surface area contributed by atoms with Crippen LogP contribution in [-0.2, 0) is 0 Å². The first-order chi connectivity index (χ1) is 7.70. The van der Waals surface area contributed by atoms with Crippen LogP contribution in [0.1, 0.15) is 31.9 Å². The molecule has 0 aliphatic carbocycles. The first-order valence-electron chi connectivity index (χ1n) is 5.57. The Morgan fingerprint density at radius 3 is 3.06 bits per heavy atom. The lowest BCUT2D eigenvalue weighted by molar-refractivity contribution is 0.550. The van der Waals surface area contributed by atoms with E-state index in [-0.39, 0.29) is 6.04 Å². The van der Waals surface area contributed by atoms with E-state index in [0.29, 0.717) is 5.58 Å². The van der Waals surface area contributed by atoms with Crippen molar-refractivity contribution in [3.05, 3.63) is 34.3 Å². The minimum Gasteiger partial charge on any atom is -0.408 e. The molecule has 0 bridgehead atoms. The van der Waals surface area contributed by atoms with Gasteiger partial charge in [0.2, 0.25) is 0 Å². The Morgan fingerprint density at radius 1 is 1.50 bits per heavy atom. The number of oxazole rings is 1. The highest BCUT2D eigenvalue weighted by Crippen LogP contribution is 2.18. The second-order valence-electron chi connectivity index (χ2n) is 3.95. The second-order valence-corrected chi connectivity index (χ2v) is 3.95. The Labute approximate surface area is 93.7 Å². The van der Waals surface area contributed by atoms with Gasteiger partial charge in [-0.2, -0.15) is 0 Å². The molecule has 0 aliphatic heterocycles. The predicted octanol–water partition coefficient (Wildman–Crippen LogP) is 2.18. The molecule has 16 heavy (non-hydrogen) atoms. The Morgan fingerprint density at radius 2 is 2.31 bits per heavy atom. The monoisotopic (exact) mass is 220 g/mol. The van der Waals surface area contributed by atoms with Crippen molar-refractivity contribution in [3.63, 3.8) is 0 Å². The van der Waals surface area contributed by atoms with E-state index in [9.17, 15) is 4.79 Å². The average Bonchev–Trinajstić information content (AvgIpc) is 2.64. The van der Waals surface area contributed by atoms with Crippen molar-refractivity contribution in [2.45, 2.75) is 26.3 Å². The van der Waals surface area contributed by atoms with Gasteiger partial charge in [0.15, 0.2) is 5.58 Å². The van der Waals surface area contributed by atoms with Gasteiger partial charge in [-0.3, -0.25) is 4.98 Å². The molecule has 4 heteroatoms. The van der Waals surface area contributed by atoms with Crippen molar-refractivity contribution in [3.8, 4) is 0 Å². The van der Waals surface area contributed by atoms with Crippen molar-refractivity contribution in [2.24, 2.45) is 0 Å². The van der Waals surface area contributed by atoms with Gasteiger partial charge in [0.1, 0.15) is 0 Å². The summed E-state index contributed by atoms with van der Waals surface area (Å²) >= 11 is 0. The van der Waals surface area contributed by atoms with Crippen LogP contribution < -0.4 is 11.1 Å². The minimum absolute atomic E-state index is 0.268. The molecule has 1 heterocycles. The third kappa shape index (κ3) is 2.17. The van der Waals surface area contributed by atoms with Gasteiger partial charge in [0.25, 0.3) is 0 Å². The normalized spacial score (nSPS) is 13.1. The standard InChI is InChI=1S/C12H16N2O2/c1-3-6-13-8(2)9-4-5-10-11(7-9)16-12(15)14-10/h4-5,7-8,13H,3,6H2,1-2H3,(H,14,15). The van der Waals surface area contributed by atoms with Gasteiger partial charge in [-0.15, -0.1) is 0 Å². The van der Waals surface area contributed by atoms with Gasteiger partial charge in [0, 0.05) is 6.04 Å². The fourth-order valence-corrected chi connectivity index (χ4v) is 1.71. The summed E-state index contributed by atoms with van der Waals surface area (Å²) in [6, 6.07) is 6.05. The van der Waals surface area contributed by atoms with Crippen LogP contribution in [0.5, 0.6) is 0 Å². The molecule has 4 nitrogen and oxygen atoms in total. The van der Waals surface area contributed by atoms with E-state index in [0.717, 1.165) is 24.0 Å². The molecular weight excluding hydrogens is 204 g/mol. The predicted molar refractivity (Wildman–Crippen MR) is 63.5 cm³/mol. The lowest BCUT2D eigenvalue weighted by Crippen LogP contribution is -2.19. The summed E-state index contributed by atoms with van der Waals surface area (Å²) in [6.07, 6.45) is 1.10. The lowest BCUT2D eigenvalue weighted by Gasteiger charge is -2.12. The number of rotatable bonds is 4. The quantitative estimate of drug-likeness (QED) is 0.830. The molecule has 0 radical (unpaired) electrons. The Bertz CT molecular complexity index is 527. The van der Waals surface area contributed by atoms with E-state index in [4.69, 9.17) is 4.42 Å². The molecule has 0 spiro atoms. The highest BCUT2D eigenvalue weighted by atomic mass is 16.4. The molecule has 2 N–H and O–H groups in total. The summed E-state index contributed by atoms with van der Waals surface area (Å²) in [7, 11) is 0. The Balaban J connectivity index is 2.27. The summed E-state index contributed by atoms with van der Waals surface area (Å²) in [6.45, 7) is 5.21. The zero-order valence-corrected chi connectivity index (χ0v) is 9.54. The average molecular weight is 220 g/mol. The van der Waals surface area contributed by atoms with Crippen LogP contribution in [0, 0.1) is 0 Å². The number of nitrogens with one attached hydrogen (secondary N) is 2. The van der Waals surface area contributed by atoms with Crippen molar-refractivity contribution in [2.75, 3.05) is 6.54 Å². The number of hydrogen-bond acceptors (Lipinski definition) is 3. The number of benzene rings is 1. The second kappa shape index (κ2) is 4.53. The molecule has 1 aromatic heterocycles. The van der Waals surface area contributed by atoms with Gasteiger partial charge >= 0.3 is 5.76 Å². The van der Waals surface area contributed by atoms with E-state index in [1.165, 1.54) is 0 Å². The smallest absolute Gasteiger partial charge is 0.408 e. The molecule has 86 valence electrons. The molecule has 0 saturated heterocycles. The maximum absolute atomic E-state index is 11.0. The summed E-state index contributed by atoms with van der Waals surface area (Å²) < 4.78 is 5.02. The molecule has 2 aromatic rings. The van der Waals surface area contributed by atoms with E-state index < -0.39 is 5.76 Å².